The number of nitrogens with zero attached hydrogens (tertiary/aromatic N) is 3. The second-order valence-electron chi connectivity index (χ2n) is 6.82. The molecule has 1 aliphatic rings. The Morgan fingerprint density at radius 2 is 1.97 bits per heavy atom. The van der Waals surface area contributed by atoms with Crippen LogP contribution < -0.4 is 5.32 Å². The van der Waals surface area contributed by atoms with Crippen LogP contribution in [0, 0.1) is 5.92 Å². The Labute approximate surface area is 178 Å². The van der Waals surface area contributed by atoms with Gasteiger partial charge in [-0.2, -0.15) is 4.31 Å². The molecule has 0 aromatic carbocycles. The van der Waals surface area contributed by atoms with Gasteiger partial charge >= 0.3 is 5.97 Å². The van der Waals surface area contributed by atoms with Gasteiger partial charge in [-0.3, -0.25) is 9.79 Å². The third-order valence-electron chi connectivity index (χ3n) is 5.13. The molecule has 0 amide bonds. The predicted molar refractivity (Wildman–Crippen MR) is 116 cm³/mol. The summed E-state index contributed by atoms with van der Waals surface area (Å²) in [5, 5.41) is 3.35. The lowest BCUT2D eigenvalue weighted by Crippen LogP contribution is -2.47. The van der Waals surface area contributed by atoms with Gasteiger partial charge in [-0.1, -0.05) is 13.8 Å². The Bertz CT molecular complexity index is 795. The number of rotatable bonds is 8. The van der Waals surface area contributed by atoms with Crippen molar-refractivity contribution < 1.29 is 17.9 Å². The molecule has 1 fully saturated rings. The van der Waals surface area contributed by atoms with E-state index in [-0.39, 0.29) is 11.9 Å². The lowest BCUT2D eigenvalue weighted by Gasteiger charge is -2.33. The maximum atomic E-state index is 12.6. The van der Waals surface area contributed by atoms with Crippen LogP contribution in [0.2, 0.25) is 0 Å². The van der Waals surface area contributed by atoms with E-state index in [1.807, 2.05) is 19.9 Å². The summed E-state index contributed by atoms with van der Waals surface area (Å²) in [5.74, 6) is 0.633. The van der Waals surface area contributed by atoms with E-state index in [4.69, 9.17) is 4.74 Å². The molecule has 0 bridgehead atoms. The van der Waals surface area contributed by atoms with Gasteiger partial charge < -0.3 is 15.0 Å². The van der Waals surface area contributed by atoms with Crippen molar-refractivity contribution in [1.82, 2.24) is 14.5 Å². The molecule has 2 heterocycles. The van der Waals surface area contributed by atoms with Crippen LogP contribution in [-0.4, -0.2) is 76.4 Å². The third-order valence-corrected chi connectivity index (χ3v) is 8.79. The molecule has 1 aliphatic heterocycles. The fourth-order valence-electron chi connectivity index (χ4n) is 3.45. The molecule has 1 N–H and O–H groups in total. The van der Waals surface area contributed by atoms with Gasteiger partial charge in [0.25, 0.3) is 10.0 Å². The van der Waals surface area contributed by atoms with E-state index in [0.29, 0.717) is 23.8 Å². The monoisotopic (exact) mass is 444 g/mol. The van der Waals surface area contributed by atoms with Crippen LogP contribution in [0.25, 0.3) is 0 Å². The van der Waals surface area contributed by atoms with Crippen LogP contribution in [0.1, 0.15) is 31.6 Å². The van der Waals surface area contributed by atoms with E-state index in [9.17, 15) is 13.2 Å². The largest absolute Gasteiger partial charge is 0.469 e. The number of hydrogen-bond acceptors (Lipinski definition) is 6. The number of nitrogens with one attached hydrogen (secondary N) is 1. The van der Waals surface area contributed by atoms with Gasteiger partial charge in [-0.25, -0.2) is 8.42 Å². The Kier molecular flexibility index (Phi) is 8.91. The van der Waals surface area contributed by atoms with E-state index >= 15 is 0 Å². The first-order chi connectivity index (χ1) is 13.9. The average molecular weight is 445 g/mol. The zero-order valence-electron chi connectivity index (χ0n) is 17.7. The summed E-state index contributed by atoms with van der Waals surface area (Å²) in [6.45, 7) is 6.80. The fourth-order valence-corrected chi connectivity index (χ4v) is 6.41. The number of sulfonamides is 1. The predicted octanol–water partition coefficient (Wildman–Crippen LogP) is 1.78. The minimum Gasteiger partial charge on any atom is -0.469 e. The molecule has 8 nitrogen and oxygen atoms in total. The molecule has 10 heteroatoms. The highest BCUT2D eigenvalue weighted by molar-refractivity contribution is 7.91. The first-order valence-electron chi connectivity index (χ1n) is 9.99. The minimum atomic E-state index is -3.40. The summed E-state index contributed by atoms with van der Waals surface area (Å²) in [7, 11) is -0.223. The molecular formula is C19H32N4O4S2. The molecule has 0 saturated carbocycles. The fraction of sp³-hybridized carbons (Fsp3) is 0.684. The number of piperidine rings is 1. The minimum absolute atomic E-state index is 0.0355. The Morgan fingerprint density at radius 1 is 1.31 bits per heavy atom. The molecule has 0 radical (unpaired) electrons. The second kappa shape index (κ2) is 10.9. The highest BCUT2D eigenvalue weighted by Crippen LogP contribution is 2.25. The maximum Gasteiger partial charge on any atom is 0.308 e. The van der Waals surface area contributed by atoms with Gasteiger partial charge in [-0.15, -0.1) is 11.3 Å². The van der Waals surface area contributed by atoms with Crippen LogP contribution in [0.4, 0.5) is 0 Å². The standard InChI is InChI=1S/C19H32N4O4S2/c1-5-23(6-2)29(25,26)17-8-7-16(28-17)9-12-21-19(20-3)22-13-10-15(11-14-22)18(24)27-4/h7-8,15H,5-6,9-14H2,1-4H3,(H,20,21). The van der Waals surface area contributed by atoms with Crippen LogP contribution >= 0.6 is 11.3 Å². The molecule has 164 valence electrons. The van der Waals surface area contributed by atoms with Crippen molar-refractivity contribution in [2.45, 2.75) is 37.3 Å². The van der Waals surface area contributed by atoms with Gasteiger partial charge in [0.15, 0.2) is 5.96 Å². The van der Waals surface area contributed by atoms with Crippen molar-refractivity contribution in [2.24, 2.45) is 10.9 Å². The number of thiophene rings is 1. The molecule has 1 aromatic heterocycles. The van der Waals surface area contributed by atoms with Gasteiger partial charge in [0.1, 0.15) is 4.21 Å². The molecule has 0 atom stereocenters. The Hall–Kier alpha value is -1.65. The first-order valence-corrected chi connectivity index (χ1v) is 12.2. The van der Waals surface area contributed by atoms with Crippen LogP contribution in [0.5, 0.6) is 0 Å². The first kappa shape index (κ1) is 23.6. The molecule has 1 saturated heterocycles. The second-order valence-corrected chi connectivity index (χ2v) is 10.2. The smallest absolute Gasteiger partial charge is 0.308 e. The van der Waals surface area contributed by atoms with Crippen molar-refractivity contribution >= 4 is 33.3 Å². The number of likely N-dealkylation sites (tertiary alicyclic amines) is 1. The molecule has 0 spiro atoms. The normalized spacial score (nSPS) is 16.3. The zero-order valence-corrected chi connectivity index (χ0v) is 19.3. The molecule has 2 rings (SSSR count). The number of guanidine groups is 1. The summed E-state index contributed by atoms with van der Waals surface area (Å²) in [4.78, 5) is 19.2. The van der Waals surface area contributed by atoms with E-state index in [2.05, 4.69) is 15.2 Å². The SMILES string of the molecule is CCN(CC)S(=O)(=O)c1ccc(CCNC(=NC)N2CCC(C(=O)OC)CC2)s1. The Morgan fingerprint density at radius 3 is 2.52 bits per heavy atom. The van der Waals surface area contributed by atoms with Gasteiger partial charge in [0.05, 0.1) is 13.0 Å². The van der Waals surface area contributed by atoms with Crippen molar-refractivity contribution in [3.05, 3.63) is 17.0 Å². The number of aliphatic imine (C=N–C) groups is 1. The number of carbonyl (C=O) groups is 1. The quantitative estimate of drug-likeness (QED) is 0.373. The highest BCUT2D eigenvalue weighted by Gasteiger charge is 2.27. The van der Waals surface area contributed by atoms with Gasteiger partial charge in [0.2, 0.25) is 0 Å². The summed E-state index contributed by atoms with van der Waals surface area (Å²) in [5.41, 5.74) is 0. The van der Waals surface area contributed by atoms with E-state index in [1.54, 1.807) is 13.1 Å². The molecular weight excluding hydrogens is 412 g/mol. The van der Waals surface area contributed by atoms with E-state index in [1.165, 1.54) is 22.8 Å². The van der Waals surface area contributed by atoms with Crippen molar-refractivity contribution in [3.63, 3.8) is 0 Å². The van der Waals surface area contributed by atoms with Crippen molar-refractivity contribution in [3.8, 4) is 0 Å². The number of ether oxygens (including phenoxy) is 1. The van der Waals surface area contributed by atoms with Crippen molar-refractivity contribution in [1.29, 1.82) is 0 Å². The average Bonchev–Trinajstić information content (AvgIpc) is 3.21. The van der Waals surface area contributed by atoms with Crippen molar-refractivity contribution in [2.75, 3.05) is 46.9 Å². The highest BCUT2D eigenvalue weighted by atomic mass is 32.2. The van der Waals surface area contributed by atoms with Crippen LogP contribution in [-0.2, 0) is 26.0 Å². The number of carbonyl (C=O) groups excluding carboxylic acids is 1. The van der Waals surface area contributed by atoms with E-state index in [0.717, 1.165) is 43.2 Å². The van der Waals surface area contributed by atoms with E-state index < -0.39 is 10.0 Å². The number of esters is 1. The number of hydrogen-bond donors (Lipinski definition) is 1. The molecule has 0 unspecified atom stereocenters. The van der Waals surface area contributed by atoms with Crippen LogP contribution in [0.3, 0.4) is 0 Å². The molecule has 29 heavy (non-hydrogen) atoms. The van der Waals surface area contributed by atoms with Crippen LogP contribution in [0.15, 0.2) is 21.3 Å². The topological polar surface area (TPSA) is 91.3 Å². The molecule has 0 aliphatic carbocycles. The maximum absolute atomic E-state index is 12.6. The zero-order chi connectivity index (χ0) is 21.4. The summed E-state index contributed by atoms with van der Waals surface area (Å²) < 4.78 is 31.9. The lowest BCUT2D eigenvalue weighted by atomic mass is 9.97. The van der Waals surface area contributed by atoms with Gasteiger partial charge in [-0.05, 0) is 31.4 Å². The summed E-state index contributed by atoms with van der Waals surface area (Å²) in [6, 6.07) is 3.58. The summed E-state index contributed by atoms with van der Waals surface area (Å²) in [6.07, 6.45) is 2.23. The van der Waals surface area contributed by atoms with Gasteiger partial charge in [0, 0.05) is 44.6 Å². The lowest BCUT2D eigenvalue weighted by molar-refractivity contribution is -0.146. The number of methoxy groups -OCH3 is 1. The Balaban J connectivity index is 1.87. The summed E-state index contributed by atoms with van der Waals surface area (Å²) >= 11 is 1.33. The molecule has 1 aromatic rings. The third kappa shape index (κ3) is 5.93.